The second kappa shape index (κ2) is 12.8. The Bertz CT molecular complexity index is 1560. The molecule has 0 aromatic heterocycles. The summed E-state index contributed by atoms with van der Waals surface area (Å²) in [4.78, 5) is 15.9. The zero-order valence-electron chi connectivity index (χ0n) is 22.9. The molecule has 1 aliphatic heterocycles. The number of hydrogen-bond donors (Lipinski definition) is 2. The molecule has 0 aliphatic carbocycles. The fourth-order valence-electron chi connectivity index (χ4n) is 5.23. The summed E-state index contributed by atoms with van der Waals surface area (Å²) in [5.41, 5.74) is 4.51. The van der Waals surface area contributed by atoms with Gasteiger partial charge in [0.2, 0.25) is 15.9 Å². The normalized spacial score (nSPS) is 17.6. The molecule has 0 unspecified atom stereocenters. The number of aliphatic hydroxyl groups excluding tert-OH is 1. The number of hydrogen-bond acceptors (Lipinski definition) is 5. The number of fused-ring (bicyclic) bond motifs is 1. The Kier molecular flexibility index (Phi) is 8.95. The first kappa shape index (κ1) is 28.7. The van der Waals surface area contributed by atoms with Crippen molar-refractivity contribution < 1.29 is 23.1 Å². The van der Waals surface area contributed by atoms with Gasteiger partial charge in [-0.1, -0.05) is 103 Å². The highest BCUT2D eigenvalue weighted by Crippen LogP contribution is 2.35. The second-order valence-electron chi connectivity index (χ2n) is 10.3. The van der Waals surface area contributed by atoms with Gasteiger partial charge in [-0.3, -0.25) is 4.79 Å². The summed E-state index contributed by atoms with van der Waals surface area (Å²) < 4.78 is 35.9. The van der Waals surface area contributed by atoms with E-state index in [0.29, 0.717) is 6.61 Å². The molecule has 5 rings (SSSR count). The zero-order valence-corrected chi connectivity index (χ0v) is 23.7. The number of rotatable bonds is 10. The van der Waals surface area contributed by atoms with Crippen LogP contribution in [0.25, 0.3) is 0 Å². The number of aliphatic hydroxyl groups is 1. The van der Waals surface area contributed by atoms with Gasteiger partial charge in [-0.25, -0.2) is 8.42 Å². The number of carbonyl (C=O) groups excluding carboxylic acids is 1. The van der Waals surface area contributed by atoms with Gasteiger partial charge in [0.15, 0.2) is 0 Å². The molecule has 8 heteroatoms. The van der Waals surface area contributed by atoms with Gasteiger partial charge in [0.05, 0.1) is 24.2 Å². The highest BCUT2D eigenvalue weighted by Gasteiger charge is 2.41. The Hall–Kier alpha value is -3.82. The molecule has 0 spiro atoms. The monoisotopic (exact) mass is 570 g/mol. The summed E-state index contributed by atoms with van der Waals surface area (Å²) in [6.45, 7) is 2.06. The number of ether oxygens (including phenoxy) is 1. The molecule has 0 radical (unpaired) electrons. The average Bonchev–Trinajstić information content (AvgIpc) is 3.00. The van der Waals surface area contributed by atoms with E-state index in [1.165, 1.54) is 12.1 Å². The minimum Gasteiger partial charge on any atom is -0.394 e. The second-order valence-corrected chi connectivity index (χ2v) is 12.0. The van der Waals surface area contributed by atoms with E-state index in [1.807, 2.05) is 91.9 Å². The lowest BCUT2D eigenvalue weighted by Crippen LogP contribution is -2.56. The molecule has 1 amide bonds. The molecule has 1 aliphatic rings. The first-order valence-corrected chi connectivity index (χ1v) is 15.1. The van der Waals surface area contributed by atoms with Crippen LogP contribution in [0.5, 0.6) is 0 Å². The van der Waals surface area contributed by atoms with Crippen LogP contribution in [0.4, 0.5) is 0 Å². The van der Waals surface area contributed by atoms with Crippen LogP contribution in [-0.4, -0.2) is 43.0 Å². The minimum atomic E-state index is -4.02. The minimum absolute atomic E-state index is 0.0840. The summed E-state index contributed by atoms with van der Waals surface area (Å²) in [6.07, 6.45) is -0.448. The first-order valence-electron chi connectivity index (χ1n) is 13.6. The maximum absolute atomic E-state index is 14.3. The highest BCUT2D eigenvalue weighted by atomic mass is 32.2. The molecule has 7 nitrogen and oxygen atoms in total. The predicted molar refractivity (Wildman–Crippen MR) is 157 cm³/mol. The van der Waals surface area contributed by atoms with Gasteiger partial charge < -0.3 is 14.7 Å². The molecule has 41 heavy (non-hydrogen) atoms. The van der Waals surface area contributed by atoms with Crippen molar-refractivity contribution in [1.29, 1.82) is 0 Å². The fourth-order valence-corrected chi connectivity index (χ4v) is 6.42. The first-order chi connectivity index (χ1) is 19.9. The summed E-state index contributed by atoms with van der Waals surface area (Å²) in [7, 11) is -4.02. The third-order valence-corrected chi connectivity index (χ3v) is 8.89. The van der Waals surface area contributed by atoms with Crippen LogP contribution in [-0.2, 0) is 39.1 Å². The van der Waals surface area contributed by atoms with Gasteiger partial charge in [0, 0.05) is 6.54 Å². The number of benzene rings is 4. The third kappa shape index (κ3) is 6.74. The van der Waals surface area contributed by atoms with Gasteiger partial charge >= 0.3 is 0 Å². The van der Waals surface area contributed by atoms with Crippen molar-refractivity contribution in [2.45, 2.75) is 49.6 Å². The van der Waals surface area contributed by atoms with Crippen LogP contribution < -0.4 is 4.72 Å². The molecule has 1 heterocycles. The highest BCUT2D eigenvalue weighted by molar-refractivity contribution is 7.89. The van der Waals surface area contributed by atoms with Crippen LogP contribution >= 0.6 is 0 Å². The molecular weight excluding hydrogens is 536 g/mol. The maximum atomic E-state index is 14.3. The molecule has 4 aromatic carbocycles. The van der Waals surface area contributed by atoms with E-state index in [-0.39, 0.29) is 24.5 Å². The number of amides is 1. The number of carbonyl (C=O) groups is 1. The van der Waals surface area contributed by atoms with Crippen molar-refractivity contribution in [3.05, 3.63) is 137 Å². The molecule has 3 atom stereocenters. The Morgan fingerprint density at radius 1 is 0.902 bits per heavy atom. The number of aryl methyl sites for hydroxylation is 1. The van der Waals surface area contributed by atoms with E-state index in [0.717, 1.165) is 27.8 Å². The molecule has 0 bridgehead atoms. The number of nitrogens with one attached hydrogen (secondary N) is 1. The number of nitrogens with zero attached hydrogens (tertiary/aromatic N) is 1. The quantitative estimate of drug-likeness (QED) is 0.292. The molecule has 212 valence electrons. The Morgan fingerprint density at radius 2 is 1.51 bits per heavy atom. The Morgan fingerprint density at radius 3 is 2.17 bits per heavy atom. The lowest BCUT2D eigenvalue weighted by atomic mass is 9.90. The average molecular weight is 571 g/mol. The molecule has 0 fully saturated rings. The number of sulfonamides is 1. The molecule has 2 N–H and O–H groups in total. The Labute approximate surface area is 241 Å². The van der Waals surface area contributed by atoms with Crippen molar-refractivity contribution in [3.63, 3.8) is 0 Å². The molecule has 4 aromatic rings. The smallest absolute Gasteiger partial charge is 0.241 e. The lowest BCUT2D eigenvalue weighted by molar-refractivity contribution is -0.144. The van der Waals surface area contributed by atoms with Crippen LogP contribution in [0.15, 0.2) is 114 Å². The van der Waals surface area contributed by atoms with E-state index >= 15 is 0 Å². The summed E-state index contributed by atoms with van der Waals surface area (Å²) in [6, 6.07) is 31.4. The van der Waals surface area contributed by atoms with Gasteiger partial charge in [0.25, 0.3) is 0 Å². The van der Waals surface area contributed by atoms with Gasteiger partial charge in [-0.15, -0.1) is 0 Å². The molecule has 0 saturated carbocycles. The van der Waals surface area contributed by atoms with E-state index < -0.39 is 34.1 Å². The SMILES string of the molecule is Cc1ccc(S(=O)(=O)N[C@@H](Cc2ccccc2)C(=O)N2Cc3ccccc3[C@@H](OCc3ccccc3)[C@@H]2CO)cc1. The van der Waals surface area contributed by atoms with Crippen molar-refractivity contribution in [2.75, 3.05) is 6.61 Å². The predicted octanol–water partition coefficient (Wildman–Crippen LogP) is 4.55. The largest absolute Gasteiger partial charge is 0.394 e. The van der Waals surface area contributed by atoms with Crippen LogP contribution in [0.2, 0.25) is 0 Å². The van der Waals surface area contributed by atoms with E-state index in [9.17, 15) is 18.3 Å². The standard InChI is InChI=1S/C33H34N2O5S/c1-24-16-18-28(19-17-24)41(38,39)34-30(20-25-10-4-2-5-11-25)33(37)35-21-27-14-8-9-15-29(27)32(31(35)22-36)40-23-26-12-6-3-7-13-26/h2-19,30-32,34,36H,20-23H2,1H3/t30-,31-,32+/m0/s1. The van der Waals surface area contributed by atoms with E-state index in [2.05, 4.69) is 4.72 Å². The molecular formula is C33H34N2O5S. The van der Waals surface area contributed by atoms with Crippen LogP contribution in [0.1, 0.15) is 33.9 Å². The van der Waals surface area contributed by atoms with E-state index in [1.54, 1.807) is 17.0 Å². The van der Waals surface area contributed by atoms with Gasteiger partial charge in [-0.05, 0) is 47.7 Å². The third-order valence-electron chi connectivity index (χ3n) is 7.40. The van der Waals surface area contributed by atoms with Crippen molar-refractivity contribution >= 4 is 15.9 Å². The van der Waals surface area contributed by atoms with Crippen LogP contribution in [0, 0.1) is 6.92 Å². The zero-order chi connectivity index (χ0) is 28.8. The summed E-state index contributed by atoms with van der Waals surface area (Å²) >= 11 is 0. The van der Waals surface area contributed by atoms with Crippen molar-refractivity contribution in [3.8, 4) is 0 Å². The van der Waals surface area contributed by atoms with E-state index in [4.69, 9.17) is 4.74 Å². The van der Waals surface area contributed by atoms with Crippen LogP contribution in [0.3, 0.4) is 0 Å². The van der Waals surface area contributed by atoms with Crippen molar-refractivity contribution in [2.24, 2.45) is 0 Å². The Balaban J connectivity index is 1.47. The van der Waals surface area contributed by atoms with Gasteiger partial charge in [0.1, 0.15) is 12.1 Å². The maximum Gasteiger partial charge on any atom is 0.241 e. The van der Waals surface area contributed by atoms with Crippen molar-refractivity contribution in [1.82, 2.24) is 9.62 Å². The lowest BCUT2D eigenvalue weighted by Gasteiger charge is -2.42. The summed E-state index contributed by atoms with van der Waals surface area (Å²) in [5.74, 6) is -0.425. The van der Waals surface area contributed by atoms with Gasteiger partial charge in [-0.2, -0.15) is 4.72 Å². The summed E-state index contributed by atoms with van der Waals surface area (Å²) in [5, 5.41) is 10.6. The molecule has 0 saturated heterocycles. The fraction of sp³-hybridized carbons (Fsp3) is 0.242. The topological polar surface area (TPSA) is 95.9 Å².